The molecule has 0 aliphatic rings. The summed E-state index contributed by atoms with van der Waals surface area (Å²) in [6.07, 6.45) is 0.372. The van der Waals surface area contributed by atoms with E-state index in [1.54, 1.807) is 0 Å². The Bertz CT molecular complexity index is 658. The van der Waals surface area contributed by atoms with Crippen LogP contribution in [0.3, 0.4) is 0 Å². The molecule has 0 fully saturated rings. The summed E-state index contributed by atoms with van der Waals surface area (Å²) in [5.41, 5.74) is -0.310. The van der Waals surface area contributed by atoms with Crippen LogP contribution in [0.4, 0.5) is 5.69 Å². The van der Waals surface area contributed by atoms with Crippen molar-refractivity contribution in [1.29, 1.82) is 0 Å². The number of nitro groups is 1. The topological polar surface area (TPSA) is 125 Å². The van der Waals surface area contributed by atoms with E-state index in [4.69, 9.17) is 4.74 Å². The predicted octanol–water partition coefficient (Wildman–Crippen LogP) is 1.46. The second kappa shape index (κ2) is 9.36. The van der Waals surface area contributed by atoms with Gasteiger partial charge >= 0.3 is 11.9 Å². The number of benzene rings is 1. The maximum atomic E-state index is 11.9. The van der Waals surface area contributed by atoms with Crippen LogP contribution in [0.2, 0.25) is 0 Å². The monoisotopic (exact) mass is 352 g/mol. The molecular weight excluding hydrogens is 332 g/mol. The summed E-state index contributed by atoms with van der Waals surface area (Å²) >= 11 is 0. The molecule has 0 aliphatic heterocycles. The van der Waals surface area contributed by atoms with Crippen molar-refractivity contribution < 1.29 is 28.8 Å². The smallest absolute Gasteiger partial charge is 0.338 e. The van der Waals surface area contributed by atoms with Gasteiger partial charge in [0.2, 0.25) is 0 Å². The Morgan fingerprint density at radius 1 is 1.28 bits per heavy atom. The number of nitrogens with one attached hydrogen (secondary N) is 1. The van der Waals surface area contributed by atoms with E-state index in [-0.39, 0.29) is 17.2 Å². The molecule has 0 bridgehead atoms. The molecule has 9 nitrogen and oxygen atoms in total. The van der Waals surface area contributed by atoms with Crippen molar-refractivity contribution in [3.05, 3.63) is 39.9 Å². The van der Waals surface area contributed by atoms with Gasteiger partial charge in [-0.15, -0.1) is 0 Å². The third-order valence-electron chi connectivity index (χ3n) is 3.16. The molecule has 1 aromatic carbocycles. The summed E-state index contributed by atoms with van der Waals surface area (Å²) in [4.78, 5) is 45.4. The molecule has 1 amide bonds. The van der Waals surface area contributed by atoms with E-state index in [1.807, 2.05) is 13.8 Å². The van der Waals surface area contributed by atoms with Crippen LogP contribution in [0.1, 0.15) is 30.6 Å². The highest BCUT2D eigenvalue weighted by Crippen LogP contribution is 2.14. The average Bonchev–Trinajstić information content (AvgIpc) is 2.58. The fraction of sp³-hybridized carbons (Fsp3) is 0.438. The van der Waals surface area contributed by atoms with Crippen molar-refractivity contribution in [2.24, 2.45) is 5.92 Å². The normalized spacial score (nSPS) is 11.5. The van der Waals surface area contributed by atoms with Gasteiger partial charge in [0.15, 0.2) is 6.61 Å². The van der Waals surface area contributed by atoms with Gasteiger partial charge in [0.05, 0.1) is 17.6 Å². The molecular formula is C16H20N2O7. The van der Waals surface area contributed by atoms with Gasteiger partial charge in [-0.1, -0.05) is 19.9 Å². The molecule has 1 aromatic rings. The predicted molar refractivity (Wildman–Crippen MR) is 86.8 cm³/mol. The standard InChI is InChI=1S/C16H20N2O7/c1-10(2)7-13(16(21)24-3)17-14(19)9-25-15(20)11-5-4-6-12(8-11)18(22)23/h4-6,8,10,13H,7,9H2,1-3H3,(H,17,19)/t13-/m1/s1. The summed E-state index contributed by atoms with van der Waals surface area (Å²) in [6.45, 7) is 3.14. The third kappa shape index (κ3) is 6.58. The molecule has 1 rings (SSSR count). The van der Waals surface area contributed by atoms with E-state index in [0.29, 0.717) is 6.42 Å². The number of rotatable bonds is 8. The minimum atomic E-state index is -0.877. The lowest BCUT2D eigenvalue weighted by molar-refractivity contribution is -0.384. The Morgan fingerprint density at radius 3 is 2.52 bits per heavy atom. The van der Waals surface area contributed by atoms with Crippen LogP contribution in [0.25, 0.3) is 0 Å². The van der Waals surface area contributed by atoms with E-state index < -0.39 is 35.4 Å². The van der Waals surface area contributed by atoms with Gasteiger partial charge in [0.1, 0.15) is 6.04 Å². The Labute approximate surface area is 144 Å². The van der Waals surface area contributed by atoms with Crippen LogP contribution in [-0.2, 0) is 19.1 Å². The van der Waals surface area contributed by atoms with Crippen LogP contribution in [0.15, 0.2) is 24.3 Å². The molecule has 0 saturated heterocycles. The molecule has 136 valence electrons. The Balaban J connectivity index is 2.62. The van der Waals surface area contributed by atoms with Crippen LogP contribution in [-0.4, -0.2) is 42.5 Å². The maximum absolute atomic E-state index is 11.9. The van der Waals surface area contributed by atoms with Crippen molar-refractivity contribution in [3.63, 3.8) is 0 Å². The molecule has 0 saturated carbocycles. The lowest BCUT2D eigenvalue weighted by Gasteiger charge is -2.18. The molecule has 1 N–H and O–H groups in total. The lowest BCUT2D eigenvalue weighted by Crippen LogP contribution is -2.44. The summed E-state index contributed by atoms with van der Waals surface area (Å²) in [5, 5.41) is 13.1. The van der Waals surface area contributed by atoms with Crippen LogP contribution in [0, 0.1) is 16.0 Å². The zero-order chi connectivity index (χ0) is 19.0. The van der Waals surface area contributed by atoms with E-state index in [9.17, 15) is 24.5 Å². The SMILES string of the molecule is COC(=O)[C@@H](CC(C)C)NC(=O)COC(=O)c1cccc([N+](=O)[O-])c1. The molecule has 0 spiro atoms. The molecule has 0 unspecified atom stereocenters. The molecule has 0 radical (unpaired) electrons. The van der Waals surface area contributed by atoms with Crippen LogP contribution < -0.4 is 5.32 Å². The van der Waals surface area contributed by atoms with Crippen LogP contribution in [0.5, 0.6) is 0 Å². The number of carbonyl (C=O) groups is 3. The van der Waals surface area contributed by atoms with Crippen molar-refractivity contribution >= 4 is 23.5 Å². The second-order valence-electron chi connectivity index (χ2n) is 5.66. The highest BCUT2D eigenvalue weighted by molar-refractivity contribution is 5.92. The molecule has 0 heterocycles. The summed E-state index contributed by atoms with van der Waals surface area (Å²) in [6, 6.07) is 4.12. The molecule has 25 heavy (non-hydrogen) atoms. The van der Waals surface area contributed by atoms with Crippen molar-refractivity contribution in [1.82, 2.24) is 5.32 Å². The molecule has 0 aliphatic carbocycles. The first-order chi connectivity index (χ1) is 11.7. The molecule has 0 aromatic heterocycles. The summed E-state index contributed by atoms with van der Waals surface area (Å²) in [5.74, 6) is -2.00. The van der Waals surface area contributed by atoms with Gasteiger partial charge in [-0.25, -0.2) is 9.59 Å². The van der Waals surface area contributed by atoms with Crippen molar-refractivity contribution in [2.45, 2.75) is 26.3 Å². The number of carbonyl (C=O) groups excluding carboxylic acids is 3. The highest BCUT2D eigenvalue weighted by Gasteiger charge is 2.23. The van der Waals surface area contributed by atoms with Crippen molar-refractivity contribution in [2.75, 3.05) is 13.7 Å². The minimum Gasteiger partial charge on any atom is -0.467 e. The largest absolute Gasteiger partial charge is 0.467 e. The minimum absolute atomic E-state index is 0.0475. The first-order valence-electron chi connectivity index (χ1n) is 7.53. The van der Waals surface area contributed by atoms with Crippen molar-refractivity contribution in [3.8, 4) is 0 Å². The van der Waals surface area contributed by atoms with Gasteiger partial charge in [-0.2, -0.15) is 0 Å². The number of esters is 2. The Hall–Kier alpha value is -2.97. The van der Waals surface area contributed by atoms with E-state index in [0.717, 1.165) is 6.07 Å². The quantitative estimate of drug-likeness (QED) is 0.426. The average molecular weight is 352 g/mol. The summed E-state index contributed by atoms with van der Waals surface area (Å²) < 4.78 is 9.44. The number of nitro benzene ring substituents is 1. The van der Waals surface area contributed by atoms with E-state index in [2.05, 4.69) is 10.1 Å². The fourth-order valence-corrected chi connectivity index (χ4v) is 2.02. The van der Waals surface area contributed by atoms with Gasteiger partial charge < -0.3 is 14.8 Å². The fourth-order valence-electron chi connectivity index (χ4n) is 2.02. The van der Waals surface area contributed by atoms with Gasteiger partial charge in [0, 0.05) is 12.1 Å². The zero-order valence-electron chi connectivity index (χ0n) is 14.2. The maximum Gasteiger partial charge on any atom is 0.338 e. The summed E-state index contributed by atoms with van der Waals surface area (Å²) in [7, 11) is 1.21. The number of hydrogen-bond donors (Lipinski definition) is 1. The van der Waals surface area contributed by atoms with Crippen LogP contribution >= 0.6 is 0 Å². The van der Waals surface area contributed by atoms with Gasteiger partial charge in [-0.05, 0) is 18.4 Å². The number of hydrogen-bond acceptors (Lipinski definition) is 7. The lowest BCUT2D eigenvalue weighted by atomic mass is 10.0. The van der Waals surface area contributed by atoms with E-state index in [1.165, 1.54) is 25.3 Å². The zero-order valence-corrected chi connectivity index (χ0v) is 14.2. The van der Waals surface area contributed by atoms with Gasteiger partial charge in [-0.3, -0.25) is 14.9 Å². The van der Waals surface area contributed by atoms with E-state index >= 15 is 0 Å². The number of ether oxygens (including phenoxy) is 2. The second-order valence-corrected chi connectivity index (χ2v) is 5.66. The number of amides is 1. The Kier molecular flexibility index (Phi) is 7.51. The Morgan fingerprint density at radius 2 is 1.96 bits per heavy atom. The highest BCUT2D eigenvalue weighted by atomic mass is 16.6. The number of non-ortho nitro benzene ring substituents is 1. The molecule has 9 heteroatoms. The third-order valence-corrected chi connectivity index (χ3v) is 3.16. The number of nitrogens with zero attached hydrogens (tertiary/aromatic N) is 1. The molecule has 1 atom stereocenters. The first-order valence-corrected chi connectivity index (χ1v) is 7.53. The first kappa shape index (κ1) is 20.1. The number of methoxy groups -OCH3 is 1. The van der Waals surface area contributed by atoms with Gasteiger partial charge in [0.25, 0.3) is 11.6 Å².